The Balaban J connectivity index is 2.00. The molecule has 8 heteroatoms. The van der Waals surface area contributed by atoms with Gasteiger partial charge in [-0.1, -0.05) is 36.4 Å². The molecule has 0 amide bonds. The van der Waals surface area contributed by atoms with Crippen LogP contribution in [-0.4, -0.2) is 13.9 Å². The number of benzene rings is 3. The van der Waals surface area contributed by atoms with Gasteiger partial charge in [0.2, 0.25) is 0 Å². The predicted molar refractivity (Wildman–Crippen MR) is 89.3 cm³/mol. The largest absolute Gasteiger partial charge is 0.534 e. The van der Waals surface area contributed by atoms with Crippen molar-refractivity contribution >= 4 is 32.3 Å². The summed E-state index contributed by atoms with van der Waals surface area (Å²) in [4.78, 5) is 0. The second-order valence-corrected chi connectivity index (χ2v) is 6.70. The summed E-state index contributed by atoms with van der Waals surface area (Å²) in [6.07, 6.45) is 0. The van der Waals surface area contributed by atoms with Gasteiger partial charge in [0.1, 0.15) is 5.75 Å². The van der Waals surface area contributed by atoms with E-state index >= 15 is 0 Å². The molecule has 0 radical (unpaired) electrons. The number of para-hydroxylation sites is 1. The van der Waals surface area contributed by atoms with Crippen molar-refractivity contribution in [2.24, 2.45) is 0 Å². The van der Waals surface area contributed by atoms with E-state index in [1.54, 1.807) is 18.2 Å². The van der Waals surface area contributed by atoms with E-state index in [1.807, 2.05) is 30.3 Å². The molecule has 0 aromatic heterocycles. The number of hydrogen-bond donors (Lipinski definition) is 1. The van der Waals surface area contributed by atoms with Crippen molar-refractivity contribution in [2.45, 2.75) is 5.51 Å². The molecule has 0 atom stereocenters. The SMILES string of the molecule is O=S(=O)(Oc1ccc2cccc(Nc3ccccc3)c2c1)C(F)(F)F. The lowest BCUT2D eigenvalue weighted by molar-refractivity contribution is -0.0500. The van der Waals surface area contributed by atoms with Crippen LogP contribution < -0.4 is 9.50 Å². The zero-order valence-corrected chi connectivity index (χ0v) is 13.4. The van der Waals surface area contributed by atoms with Gasteiger partial charge in [0.05, 0.1) is 0 Å². The molecule has 4 nitrogen and oxygen atoms in total. The first-order chi connectivity index (χ1) is 11.8. The van der Waals surface area contributed by atoms with E-state index in [2.05, 4.69) is 9.50 Å². The van der Waals surface area contributed by atoms with Crippen LogP contribution in [0, 0.1) is 0 Å². The van der Waals surface area contributed by atoms with E-state index < -0.39 is 21.4 Å². The number of anilines is 2. The minimum absolute atomic E-state index is 0.410. The summed E-state index contributed by atoms with van der Waals surface area (Å²) in [5, 5.41) is 4.39. The maximum Gasteiger partial charge on any atom is 0.534 e. The van der Waals surface area contributed by atoms with Crippen molar-refractivity contribution in [3.8, 4) is 5.75 Å². The molecular weight excluding hydrogens is 355 g/mol. The van der Waals surface area contributed by atoms with Crippen LogP contribution in [0.2, 0.25) is 0 Å². The number of halogens is 3. The molecule has 0 unspecified atom stereocenters. The Kier molecular flexibility index (Phi) is 4.30. The van der Waals surface area contributed by atoms with Gasteiger partial charge in [0.25, 0.3) is 0 Å². The number of alkyl halides is 3. The fraction of sp³-hybridized carbons (Fsp3) is 0.0588. The van der Waals surface area contributed by atoms with Crippen LogP contribution in [0.5, 0.6) is 5.75 Å². The Hall–Kier alpha value is -2.74. The highest BCUT2D eigenvalue weighted by Gasteiger charge is 2.48. The molecule has 0 bridgehead atoms. The van der Waals surface area contributed by atoms with Crippen molar-refractivity contribution in [1.82, 2.24) is 0 Å². The standard InChI is InChI=1S/C17H12F3NO3S/c18-17(19,20)25(22,23)24-14-10-9-12-5-4-8-16(15(12)11-14)21-13-6-2-1-3-7-13/h1-11,21H. The van der Waals surface area contributed by atoms with E-state index in [0.29, 0.717) is 11.1 Å². The van der Waals surface area contributed by atoms with Gasteiger partial charge in [-0.05, 0) is 35.7 Å². The smallest absolute Gasteiger partial charge is 0.376 e. The quantitative estimate of drug-likeness (QED) is 0.531. The molecule has 0 aliphatic heterocycles. The van der Waals surface area contributed by atoms with E-state index in [1.165, 1.54) is 18.2 Å². The molecule has 3 aromatic carbocycles. The van der Waals surface area contributed by atoms with Crippen molar-refractivity contribution in [3.63, 3.8) is 0 Å². The summed E-state index contributed by atoms with van der Waals surface area (Å²) in [7, 11) is -5.71. The van der Waals surface area contributed by atoms with Crippen molar-refractivity contribution in [1.29, 1.82) is 0 Å². The Morgan fingerprint density at radius 3 is 2.28 bits per heavy atom. The zero-order valence-electron chi connectivity index (χ0n) is 12.6. The molecule has 0 saturated carbocycles. The Labute approximate surface area is 142 Å². The maximum atomic E-state index is 12.5. The lowest BCUT2D eigenvalue weighted by atomic mass is 10.1. The van der Waals surface area contributed by atoms with E-state index in [0.717, 1.165) is 11.1 Å². The monoisotopic (exact) mass is 367 g/mol. The van der Waals surface area contributed by atoms with E-state index in [4.69, 9.17) is 0 Å². The molecule has 130 valence electrons. The van der Waals surface area contributed by atoms with E-state index in [-0.39, 0.29) is 0 Å². The predicted octanol–water partition coefficient (Wildman–Crippen LogP) is 4.81. The summed E-state index contributed by atoms with van der Waals surface area (Å²) >= 11 is 0. The first-order valence-electron chi connectivity index (χ1n) is 7.12. The highest BCUT2D eigenvalue weighted by atomic mass is 32.2. The number of rotatable bonds is 4. The summed E-state index contributed by atoms with van der Waals surface area (Å²) < 4.78 is 64.0. The minimum atomic E-state index is -5.71. The first kappa shape index (κ1) is 17.1. The van der Waals surface area contributed by atoms with Crippen LogP contribution in [0.15, 0.2) is 66.7 Å². The van der Waals surface area contributed by atoms with E-state index in [9.17, 15) is 21.6 Å². The van der Waals surface area contributed by atoms with Gasteiger partial charge in [-0.15, -0.1) is 0 Å². The number of nitrogens with one attached hydrogen (secondary N) is 1. The molecule has 25 heavy (non-hydrogen) atoms. The molecule has 0 aliphatic rings. The Bertz CT molecular complexity index is 1000. The zero-order chi connectivity index (χ0) is 18.1. The fourth-order valence-corrected chi connectivity index (χ4v) is 2.72. The lowest BCUT2D eigenvalue weighted by Crippen LogP contribution is -2.28. The lowest BCUT2D eigenvalue weighted by Gasteiger charge is -2.12. The van der Waals surface area contributed by atoms with Crippen molar-refractivity contribution in [3.05, 3.63) is 66.7 Å². The maximum absolute atomic E-state index is 12.5. The van der Waals surface area contributed by atoms with Crippen LogP contribution >= 0.6 is 0 Å². The summed E-state index contributed by atoms with van der Waals surface area (Å²) in [6, 6.07) is 18.4. The third kappa shape index (κ3) is 3.69. The van der Waals surface area contributed by atoms with Gasteiger partial charge < -0.3 is 9.50 Å². The Morgan fingerprint density at radius 1 is 0.880 bits per heavy atom. The van der Waals surface area contributed by atoms with Gasteiger partial charge in [0.15, 0.2) is 0 Å². The molecule has 1 N–H and O–H groups in total. The summed E-state index contributed by atoms with van der Waals surface area (Å²) in [5.74, 6) is -0.410. The third-order valence-electron chi connectivity index (χ3n) is 3.40. The minimum Gasteiger partial charge on any atom is -0.376 e. The van der Waals surface area contributed by atoms with Crippen molar-refractivity contribution < 1.29 is 25.8 Å². The molecule has 0 heterocycles. The topological polar surface area (TPSA) is 55.4 Å². The van der Waals surface area contributed by atoms with Gasteiger partial charge in [-0.2, -0.15) is 21.6 Å². The van der Waals surface area contributed by atoms with Gasteiger partial charge in [-0.25, -0.2) is 0 Å². The molecule has 0 spiro atoms. The molecular formula is C17H12F3NO3S. The second-order valence-electron chi connectivity index (χ2n) is 5.16. The van der Waals surface area contributed by atoms with Gasteiger partial charge in [-0.3, -0.25) is 0 Å². The van der Waals surface area contributed by atoms with Crippen molar-refractivity contribution in [2.75, 3.05) is 5.32 Å². The molecule has 0 aliphatic carbocycles. The molecule has 3 aromatic rings. The average Bonchev–Trinajstić information content (AvgIpc) is 2.55. The van der Waals surface area contributed by atoms with Crippen LogP contribution in [0.3, 0.4) is 0 Å². The molecule has 0 fully saturated rings. The van der Waals surface area contributed by atoms with Crippen LogP contribution in [0.1, 0.15) is 0 Å². The normalized spacial score (nSPS) is 12.1. The second kappa shape index (κ2) is 6.29. The Morgan fingerprint density at radius 2 is 1.60 bits per heavy atom. The highest BCUT2D eigenvalue weighted by molar-refractivity contribution is 7.88. The highest BCUT2D eigenvalue weighted by Crippen LogP contribution is 2.32. The number of hydrogen-bond acceptors (Lipinski definition) is 4. The first-order valence-corrected chi connectivity index (χ1v) is 8.53. The average molecular weight is 367 g/mol. The summed E-state index contributed by atoms with van der Waals surface area (Å²) in [6.45, 7) is 0. The van der Waals surface area contributed by atoms with Crippen LogP contribution in [-0.2, 0) is 10.1 Å². The van der Waals surface area contributed by atoms with Gasteiger partial charge >= 0.3 is 15.6 Å². The molecule has 3 rings (SSSR count). The summed E-state index contributed by atoms with van der Waals surface area (Å²) in [5.41, 5.74) is -4.09. The van der Waals surface area contributed by atoms with Crippen LogP contribution in [0.4, 0.5) is 24.5 Å². The van der Waals surface area contributed by atoms with Gasteiger partial charge in [0, 0.05) is 16.8 Å². The third-order valence-corrected chi connectivity index (χ3v) is 4.37. The molecule has 0 saturated heterocycles. The fourth-order valence-electron chi connectivity index (χ4n) is 2.26. The number of fused-ring (bicyclic) bond motifs is 1. The van der Waals surface area contributed by atoms with Crippen LogP contribution in [0.25, 0.3) is 10.8 Å².